The fourth-order valence-electron chi connectivity index (χ4n) is 0.618. The van der Waals surface area contributed by atoms with Gasteiger partial charge < -0.3 is 4.90 Å². The topological polar surface area (TPSA) is 32.7 Å². The van der Waals surface area contributed by atoms with Gasteiger partial charge in [-0.25, -0.2) is 0 Å². The predicted molar refractivity (Wildman–Crippen MR) is 42.1 cm³/mol. The van der Waals surface area contributed by atoms with E-state index in [1.807, 2.05) is 13.8 Å². The molecule has 1 heterocycles. The summed E-state index contributed by atoms with van der Waals surface area (Å²) in [5.74, 6) is 0.0752. The van der Waals surface area contributed by atoms with Crippen molar-refractivity contribution >= 4 is 12.2 Å². The molecule has 1 amide bonds. The van der Waals surface area contributed by atoms with Crippen LogP contribution in [0.15, 0.2) is 4.99 Å². The van der Waals surface area contributed by atoms with E-state index in [1.165, 1.54) is 6.92 Å². The molecular weight excluding hydrogens is 128 g/mol. The SMILES string of the molecule is CC.CC(=O)N1C=NCC1. The van der Waals surface area contributed by atoms with E-state index in [1.54, 1.807) is 11.2 Å². The second-order valence-corrected chi connectivity index (χ2v) is 1.73. The molecule has 58 valence electrons. The summed E-state index contributed by atoms with van der Waals surface area (Å²) in [5, 5.41) is 0. The molecule has 0 bridgehead atoms. The average molecular weight is 142 g/mol. The molecule has 10 heavy (non-hydrogen) atoms. The van der Waals surface area contributed by atoms with E-state index in [0.29, 0.717) is 0 Å². The summed E-state index contributed by atoms with van der Waals surface area (Å²) < 4.78 is 0. The number of carbonyl (C=O) groups is 1. The lowest BCUT2D eigenvalue weighted by Crippen LogP contribution is -2.24. The number of rotatable bonds is 0. The molecule has 0 fully saturated rings. The lowest BCUT2D eigenvalue weighted by molar-refractivity contribution is -0.124. The van der Waals surface area contributed by atoms with E-state index < -0.39 is 0 Å². The molecular formula is C7H14N2O. The predicted octanol–water partition coefficient (Wildman–Crippen LogP) is 0.903. The fourth-order valence-corrected chi connectivity index (χ4v) is 0.618. The zero-order valence-corrected chi connectivity index (χ0v) is 6.79. The Balaban J connectivity index is 0.000000371. The van der Waals surface area contributed by atoms with Crippen molar-refractivity contribution in [1.29, 1.82) is 0 Å². The molecule has 0 N–H and O–H groups in total. The Kier molecular flexibility index (Phi) is 4.54. The summed E-state index contributed by atoms with van der Waals surface area (Å²) in [5.41, 5.74) is 0. The van der Waals surface area contributed by atoms with E-state index in [9.17, 15) is 4.79 Å². The molecule has 0 aromatic carbocycles. The van der Waals surface area contributed by atoms with Crippen LogP contribution in [0.5, 0.6) is 0 Å². The number of nitrogens with zero attached hydrogens (tertiary/aromatic N) is 2. The smallest absolute Gasteiger partial charge is 0.224 e. The highest BCUT2D eigenvalue weighted by atomic mass is 16.2. The second-order valence-electron chi connectivity index (χ2n) is 1.73. The van der Waals surface area contributed by atoms with Gasteiger partial charge in [0.15, 0.2) is 0 Å². The molecule has 0 aromatic heterocycles. The lowest BCUT2D eigenvalue weighted by Gasteiger charge is -2.05. The van der Waals surface area contributed by atoms with Crippen LogP contribution in [0.1, 0.15) is 20.8 Å². The van der Waals surface area contributed by atoms with Crippen LogP contribution in [-0.2, 0) is 4.79 Å². The molecule has 0 radical (unpaired) electrons. The van der Waals surface area contributed by atoms with Crippen molar-refractivity contribution < 1.29 is 4.79 Å². The first-order chi connectivity index (χ1) is 4.80. The highest BCUT2D eigenvalue weighted by molar-refractivity contribution is 5.86. The van der Waals surface area contributed by atoms with Crippen molar-refractivity contribution in [3.05, 3.63) is 0 Å². The van der Waals surface area contributed by atoms with Crippen LogP contribution in [-0.4, -0.2) is 30.2 Å². The maximum atomic E-state index is 10.5. The van der Waals surface area contributed by atoms with Crippen molar-refractivity contribution in [2.45, 2.75) is 20.8 Å². The standard InChI is InChI=1S/C5H8N2O.C2H6/c1-5(8)7-3-2-6-4-7;1-2/h4H,2-3H2,1H3;1-2H3. The molecule has 0 saturated carbocycles. The molecule has 0 aliphatic carbocycles. The number of carbonyl (C=O) groups excluding carboxylic acids is 1. The molecule has 0 atom stereocenters. The highest BCUT2D eigenvalue weighted by Crippen LogP contribution is 1.91. The summed E-state index contributed by atoms with van der Waals surface area (Å²) >= 11 is 0. The first kappa shape index (κ1) is 9.14. The Morgan fingerprint density at radius 1 is 1.60 bits per heavy atom. The van der Waals surface area contributed by atoms with Gasteiger partial charge in [0.25, 0.3) is 0 Å². The van der Waals surface area contributed by atoms with Gasteiger partial charge in [-0.15, -0.1) is 0 Å². The summed E-state index contributed by atoms with van der Waals surface area (Å²) in [6.45, 7) is 7.06. The van der Waals surface area contributed by atoms with Crippen LogP contribution in [0.25, 0.3) is 0 Å². The van der Waals surface area contributed by atoms with Crippen molar-refractivity contribution in [2.24, 2.45) is 4.99 Å². The largest absolute Gasteiger partial charge is 0.302 e. The van der Waals surface area contributed by atoms with Crippen molar-refractivity contribution in [3.63, 3.8) is 0 Å². The van der Waals surface area contributed by atoms with Crippen molar-refractivity contribution in [2.75, 3.05) is 13.1 Å². The third kappa shape index (κ3) is 2.62. The number of amides is 1. The maximum absolute atomic E-state index is 10.5. The van der Waals surface area contributed by atoms with Crippen LogP contribution in [0.2, 0.25) is 0 Å². The summed E-state index contributed by atoms with van der Waals surface area (Å²) in [7, 11) is 0. The minimum Gasteiger partial charge on any atom is -0.302 e. The van der Waals surface area contributed by atoms with Gasteiger partial charge in [0.05, 0.1) is 12.9 Å². The number of hydrogen-bond acceptors (Lipinski definition) is 2. The fraction of sp³-hybridized carbons (Fsp3) is 0.714. The van der Waals surface area contributed by atoms with Crippen LogP contribution in [0.4, 0.5) is 0 Å². The Hall–Kier alpha value is -0.860. The Morgan fingerprint density at radius 2 is 2.20 bits per heavy atom. The molecule has 1 aliphatic rings. The Labute approximate surface area is 61.7 Å². The van der Waals surface area contributed by atoms with E-state index in [0.717, 1.165) is 13.1 Å². The average Bonchev–Trinajstić information content (AvgIpc) is 2.42. The third-order valence-electron chi connectivity index (χ3n) is 1.10. The first-order valence-electron chi connectivity index (χ1n) is 3.58. The lowest BCUT2D eigenvalue weighted by atomic mass is 10.5. The highest BCUT2D eigenvalue weighted by Gasteiger charge is 2.07. The van der Waals surface area contributed by atoms with Gasteiger partial charge in [-0.2, -0.15) is 0 Å². The van der Waals surface area contributed by atoms with E-state index in [2.05, 4.69) is 4.99 Å². The summed E-state index contributed by atoms with van der Waals surface area (Å²) in [4.78, 5) is 15.9. The van der Waals surface area contributed by atoms with Gasteiger partial charge in [-0.05, 0) is 0 Å². The number of hydrogen-bond donors (Lipinski definition) is 0. The molecule has 0 spiro atoms. The van der Waals surface area contributed by atoms with Gasteiger partial charge in [0.2, 0.25) is 5.91 Å². The van der Waals surface area contributed by atoms with Crippen LogP contribution in [0, 0.1) is 0 Å². The minimum absolute atomic E-state index is 0.0752. The molecule has 3 nitrogen and oxygen atoms in total. The van der Waals surface area contributed by atoms with Gasteiger partial charge in [0, 0.05) is 13.5 Å². The quantitative estimate of drug-likeness (QED) is 0.494. The molecule has 3 heteroatoms. The minimum atomic E-state index is 0.0752. The van der Waals surface area contributed by atoms with Crippen LogP contribution >= 0.6 is 0 Å². The van der Waals surface area contributed by atoms with Crippen molar-refractivity contribution in [1.82, 2.24) is 4.90 Å². The molecule has 0 aromatic rings. The van der Waals surface area contributed by atoms with Gasteiger partial charge in [-0.1, -0.05) is 13.8 Å². The van der Waals surface area contributed by atoms with Gasteiger partial charge in [0.1, 0.15) is 0 Å². The molecule has 0 unspecified atom stereocenters. The van der Waals surface area contributed by atoms with E-state index in [-0.39, 0.29) is 5.91 Å². The van der Waals surface area contributed by atoms with Crippen molar-refractivity contribution in [3.8, 4) is 0 Å². The molecule has 1 aliphatic heterocycles. The van der Waals surface area contributed by atoms with Crippen LogP contribution < -0.4 is 0 Å². The normalized spacial score (nSPS) is 14.5. The zero-order valence-electron chi connectivity index (χ0n) is 6.79. The van der Waals surface area contributed by atoms with E-state index >= 15 is 0 Å². The Morgan fingerprint density at radius 3 is 2.40 bits per heavy atom. The summed E-state index contributed by atoms with van der Waals surface area (Å²) in [6, 6.07) is 0. The maximum Gasteiger partial charge on any atom is 0.224 e. The number of aliphatic imine (C=N–C) groups is 1. The van der Waals surface area contributed by atoms with Gasteiger partial charge in [-0.3, -0.25) is 9.79 Å². The third-order valence-corrected chi connectivity index (χ3v) is 1.10. The Bertz CT molecular complexity index is 132. The summed E-state index contributed by atoms with van der Waals surface area (Å²) in [6.07, 6.45) is 1.59. The van der Waals surface area contributed by atoms with Gasteiger partial charge >= 0.3 is 0 Å². The monoisotopic (exact) mass is 142 g/mol. The van der Waals surface area contributed by atoms with E-state index in [4.69, 9.17) is 0 Å². The zero-order chi connectivity index (χ0) is 7.98. The van der Waals surface area contributed by atoms with Crippen LogP contribution in [0.3, 0.4) is 0 Å². The second kappa shape index (κ2) is 4.97. The first-order valence-corrected chi connectivity index (χ1v) is 3.58. The molecule has 1 rings (SSSR count). The molecule has 0 saturated heterocycles.